The molecule has 7 heteroatoms. The normalized spacial score (nSPS) is 10.8. The van der Waals surface area contributed by atoms with Crippen LogP contribution in [0, 0.1) is 19.8 Å². The van der Waals surface area contributed by atoms with Crippen LogP contribution in [0.15, 0.2) is 46.4 Å². The molecule has 25 heavy (non-hydrogen) atoms. The first kappa shape index (κ1) is 17.2. The number of benzene rings is 2. The average molecular weight is 444 g/mol. The third kappa shape index (κ3) is 2.93. The smallest absolute Gasteiger partial charge is 0.266 e. The number of hydrogen-bond donors (Lipinski definition) is 0. The lowest BCUT2D eigenvalue weighted by Gasteiger charge is -2.16. The van der Waals surface area contributed by atoms with Crippen molar-refractivity contribution in [3.63, 3.8) is 0 Å². The fourth-order valence-corrected chi connectivity index (χ4v) is 3.31. The van der Waals surface area contributed by atoms with Gasteiger partial charge in [-0.3, -0.25) is 9.36 Å². The topological polar surface area (TPSA) is 88.1 Å². The van der Waals surface area contributed by atoms with E-state index in [-0.39, 0.29) is 17.2 Å². The van der Waals surface area contributed by atoms with Crippen LogP contribution in [0.2, 0.25) is 0 Å². The summed E-state index contributed by atoms with van der Waals surface area (Å²) in [6.45, 7) is 3.89. The van der Waals surface area contributed by atoms with Gasteiger partial charge in [0.15, 0.2) is 0 Å². The molecule has 0 radical (unpaired) electrons. The van der Waals surface area contributed by atoms with Crippen LogP contribution in [-0.2, 0) is 0 Å². The number of nitriles is 1. The van der Waals surface area contributed by atoms with E-state index in [1.807, 2.05) is 36.4 Å². The molecule has 0 atom stereocenters. The predicted octanol–water partition coefficient (Wildman–Crippen LogP) is 4.38. The number of hydrogen-bond acceptors (Lipinski definition) is 5. The molecule has 0 fully saturated rings. The minimum Gasteiger partial charge on any atom is -0.268 e. The Morgan fingerprint density at radius 2 is 1.88 bits per heavy atom. The van der Waals surface area contributed by atoms with Gasteiger partial charge in [0.25, 0.3) is 5.56 Å². The van der Waals surface area contributed by atoms with Gasteiger partial charge in [-0.05, 0) is 64.2 Å². The molecule has 3 rings (SSSR count). The molecule has 0 saturated carbocycles. The molecule has 0 aliphatic rings. The maximum atomic E-state index is 13.1. The van der Waals surface area contributed by atoms with Crippen molar-refractivity contribution in [2.24, 2.45) is 5.18 Å². The molecule has 6 nitrogen and oxygen atoms in total. The molecule has 0 bridgehead atoms. The Hall–Kier alpha value is -2.60. The molecule has 0 spiro atoms. The van der Waals surface area contributed by atoms with Gasteiger partial charge in [-0.15, -0.1) is 4.91 Å². The third-order valence-corrected chi connectivity index (χ3v) is 4.92. The maximum absolute atomic E-state index is 13.1. The lowest BCUT2D eigenvalue weighted by molar-refractivity contribution is 0.722. The lowest BCUT2D eigenvalue weighted by Crippen LogP contribution is -2.25. The Kier molecular flexibility index (Phi) is 4.63. The number of nitrogens with zero attached hydrogens (tertiary/aromatic N) is 4. The highest BCUT2D eigenvalue weighted by atomic mass is 127. The Morgan fingerprint density at radius 3 is 2.44 bits per heavy atom. The van der Waals surface area contributed by atoms with Crippen molar-refractivity contribution in [1.82, 2.24) is 9.55 Å². The van der Waals surface area contributed by atoms with Gasteiger partial charge in [-0.1, -0.05) is 13.8 Å². The van der Waals surface area contributed by atoms with E-state index in [2.05, 4.69) is 16.2 Å². The third-order valence-electron chi connectivity index (χ3n) is 3.85. The molecule has 0 aliphatic heterocycles. The molecule has 0 amide bonds. The van der Waals surface area contributed by atoms with Crippen LogP contribution in [0.4, 0.5) is 5.69 Å². The van der Waals surface area contributed by atoms with Gasteiger partial charge in [0.2, 0.25) is 0 Å². The highest BCUT2D eigenvalue weighted by Crippen LogP contribution is 2.28. The standard InChI is InChI=1S/C18H13IN4O2/c1-10(2)17-21-16-13(7-8-14(22-25)15(16)19)18(24)23(17)12-5-3-11(9-20)4-6-12/h3-8,10H,1-2H3. The van der Waals surface area contributed by atoms with Gasteiger partial charge >= 0.3 is 0 Å². The molecule has 0 aliphatic carbocycles. The number of aromatic nitrogens is 2. The van der Waals surface area contributed by atoms with E-state index < -0.39 is 0 Å². The van der Waals surface area contributed by atoms with Crippen LogP contribution in [0.25, 0.3) is 16.6 Å². The Bertz CT molecular complexity index is 1080. The maximum Gasteiger partial charge on any atom is 0.266 e. The van der Waals surface area contributed by atoms with E-state index in [0.717, 1.165) is 0 Å². The Morgan fingerprint density at radius 1 is 1.20 bits per heavy atom. The van der Waals surface area contributed by atoms with E-state index in [1.54, 1.807) is 34.9 Å². The summed E-state index contributed by atoms with van der Waals surface area (Å²) >= 11 is 1.99. The molecule has 0 unspecified atom stereocenters. The van der Waals surface area contributed by atoms with Crippen molar-refractivity contribution in [2.75, 3.05) is 0 Å². The predicted molar refractivity (Wildman–Crippen MR) is 104 cm³/mol. The van der Waals surface area contributed by atoms with E-state index in [9.17, 15) is 9.70 Å². The summed E-state index contributed by atoms with van der Waals surface area (Å²) in [7, 11) is 0. The summed E-state index contributed by atoms with van der Waals surface area (Å²) in [5, 5.41) is 12.4. The molecule has 0 N–H and O–H groups in total. The molecule has 2 aromatic carbocycles. The first-order valence-corrected chi connectivity index (χ1v) is 8.65. The summed E-state index contributed by atoms with van der Waals surface area (Å²) in [5.41, 5.74) is 1.71. The first-order chi connectivity index (χ1) is 12.0. The molecular weight excluding hydrogens is 431 g/mol. The van der Waals surface area contributed by atoms with Crippen molar-refractivity contribution < 1.29 is 0 Å². The van der Waals surface area contributed by atoms with Crippen molar-refractivity contribution in [2.45, 2.75) is 19.8 Å². The number of halogens is 1. The highest BCUT2D eigenvalue weighted by molar-refractivity contribution is 14.1. The first-order valence-electron chi connectivity index (χ1n) is 7.57. The zero-order chi connectivity index (χ0) is 18.1. The van der Waals surface area contributed by atoms with Crippen LogP contribution in [0.3, 0.4) is 0 Å². The number of rotatable bonds is 3. The van der Waals surface area contributed by atoms with Crippen LogP contribution in [0.1, 0.15) is 31.2 Å². The van der Waals surface area contributed by atoms with E-state index in [4.69, 9.17) is 5.26 Å². The quantitative estimate of drug-likeness (QED) is 0.443. The highest BCUT2D eigenvalue weighted by Gasteiger charge is 2.18. The van der Waals surface area contributed by atoms with E-state index >= 15 is 0 Å². The van der Waals surface area contributed by atoms with Crippen molar-refractivity contribution >= 4 is 39.2 Å². The van der Waals surface area contributed by atoms with Gasteiger partial charge < -0.3 is 0 Å². The summed E-state index contributed by atoms with van der Waals surface area (Å²) in [6, 6.07) is 12.0. The SMILES string of the molecule is CC(C)c1nc2c(I)c(N=O)ccc2c(=O)n1-c1ccc(C#N)cc1. The fraction of sp³-hybridized carbons (Fsp3) is 0.167. The minimum atomic E-state index is -0.214. The molecule has 1 aromatic heterocycles. The molecule has 3 aromatic rings. The van der Waals surface area contributed by atoms with Gasteiger partial charge in [0, 0.05) is 5.92 Å². The van der Waals surface area contributed by atoms with Crippen molar-refractivity contribution in [1.29, 1.82) is 5.26 Å². The number of nitroso groups, excluding NO2 is 1. The van der Waals surface area contributed by atoms with Crippen LogP contribution >= 0.6 is 22.6 Å². The van der Waals surface area contributed by atoms with Gasteiger partial charge in [0.05, 0.1) is 31.8 Å². The molecule has 124 valence electrons. The second kappa shape index (κ2) is 6.72. The zero-order valence-electron chi connectivity index (χ0n) is 13.5. The monoisotopic (exact) mass is 444 g/mol. The molecular formula is C18H13IN4O2. The van der Waals surface area contributed by atoms with E-state index in [0.29, 0.717) is 31.5 Å². The summed E-state index contributed by atoms with van der Waals surface area (Å²) in [6.07, 6.45) is 0. The van der Waals surface area contributed by atoms with Crippen molar-refractivity contribution in [3.05, 3.63) is 66.6 Å². The molecule has 1 heterocycles. The van der Waals surface area contributed by atoms with Crippen LogP contribution in [-0.4, -0.2) is 9.55 Å². The average Bonchev–Trinajstić information content (AvgIpc) is 2.62. The van der Waals surface area contributed by atoms with E-state index in [1.165, 1.54) is 6.07 Å². The summed E-state index contributed by atoms with van der Waals surface area (Å²) < 4.78 is 2.12. The Labute approximate surface area is 157 Å². The fourth-order valence-electron chi connectivity index (χ4n) is 2.62. The van der Waals surface area contributed by atoms with Gasteiger partial charge in [-0.25, -0.2) is 4.98 Å². The van der Waals surface area contributed by atoms with Crippen LogP contribution in [0.5, 0.6) is 0 Å². The van der Waals surface area contributed by atoms with Crippen LogP contribution < -0.4 is 5.56 Å². The second-order valence-electron chi connectivity index (χ2n) is 5.81. The second-order valence-corrected chi connectivity index (χ2v) is 6.89. The number of fused-ring (bicyclic) bond motifs is 1. The summed E-state index contributed by atoms with van der Waals surface area (Å²) in [5.74, 6) is 0.569. The van der Waals surface area contributed by atoms with Crippen molar-refractivity contribution in [3.8, 4) is 11.8 Å². The zero-order valence-corrected chi connectivity index (χ0v) is 15.7. The summed E-state index contributed by atoms with van der Waals surface area (Å²) in [4.78, 5) is 28.7. The largest absolute Gasteiger partial charge is 0.268 e. The van der Waals surface area contributed by atoms with Gasteiger partial charge in [0.1, 0.15) is 11.5 Å². The minimum absolute atomic E-state index is 0.0172. The van der Waals surface area contributed by atoms with Gasteiger partial charge in [-0.2, -0.15) is 5.26 Å². The molecule has 0 saturated heterocycles. The Balaban J connectivity index is 2.40. The lowest BCUT2D eigenvalue weighted by atomic mass is 10.1.